The molecule has 1 rings (SSSR count). The molecule has 0 saturated heterocycles. The summed E-state index contributed by atoms with van der Waals surface area (Å²) in [5.41, 5.74) is 0.661. The number of benzene rings is 1. The summed E-state index contributed by atoms with van der Waals surface area (Å²) in [6, 6.07) is 2.92. The summed E-state index contributed by atoms with van der Waals surface area (Å²) in [5, 5.41) is 9.20. The van der Waals surface area contributed by atoms with E-state index in [4.69, 9.17) is 26.2 Å². The van der Waals surface area contributed by atoms with Crippen molar-refractivity contribution < 1.29 is 19.4 Å². The van der Waals surface area contributed by atoms with Crippen molar-refractivity contribution in [1.82, 2.24) is 0 Å². The standard InChI is InChI=1S/C10H11ClO4/c1-14-5-6-3-9(15-2)8(11)4-7(6)10(12)13/h3-4H,5H2,1-2H3,(H,12,13). The van der Waals surface area contributed by atoms with Crippen LogP contribution in [0, 0.1) is 0 Å². The van der Waals surface area contributed by atoms with Gasteiger partial charge >= 0.3 is 5.97 Å². The Morgan fingerprint density at radius 3 is 2.60 bits per heavy atom. The van der Waals surface area contributed by atoms with Crippen LogP contribution in [0.1, 0.15) is 15.9 Å². The summed E-state index contributed by atoms with van der Waals surface area (Å²) >= 11 is 5.82. The predicted molar refractivity (Wildman–Crippen MR) is 55.7 cm³/mol. The highest BCUT2D eigenvalue weighted by Crippen LogP contribution is 2.28. The fourth-order valence-electron chi connectivity index (χ4n) is 1.23. The van der Waals surface area contributed by atoms with Gasteiger partial charge in [0.25, 0.3) is 0 Å². The van der Waals surface area contributed by atoms with Crippen LogP contribution >= 0.6 is 11.6 Å². The molecule has 15 heavy (non-hydrogen) atoms. The summed E-state index contributed by atoms with van der Waals surface area (Å²) in [4.78, 5) is 10.9. The van der Waals surface area contributed by atoms with Crippen LogP contribution in [0.5, 0.6) is 5.75 Å². The van der Waals surface area contributed by atoms with Crippen LogP contribution in [0.4, 0.5) is 0 Å². The molecule has 0 spiro atoms. The Balaban J connectivity index is 3.25. The predicted octanol–water partition coefficient (Wildman–Crippen LogP) is 2.19. The maximum absolute atomic E-state index is 10.9. The maximum Gasteiger partial charge on any atom is 0.336 e. The third-order valence-electron chi connectivity index (χ3n) is 1.91. The number of aromatic carboxylic acids is 1. The van der Waals surface area contributed by atoms with E-state index in [2.05, 4.69) is 0 Å². The molecule has 1 N–H and O–H groups in total. The molecule has 0 atom stereocenters. The van der Waals surface area contributed by atoms with Gasteiger partial charge in [-0.2, -0.15) is 0 Å². The van der Waals surface area contributed by atoms with Crippen LogP contribution in [-0.4, -0.2) is 25.3 Å². The first-order valence-corrected chi connectivity index (χ1v) is 4.56. The molecule has 0 fully saturated rings. The van der Waals surface area contributed by atoms with Crippen molar-refractivity contribution in [3.8, 4) is 5.75 Å². The van der Waals surface area contributed by atoms with Crippen LogP contribution in [0.25, 0.3) is 0 Å². The van der Waals surface area contributed by atoms with Gasteiger partial charge < -0.3 is 14.6 Å². The Hall–Kier alpha value is -1.26. The molecular formula is C10H11ClO4. The first kappa shape index (κ1) is 11.8. The fourth-order valence-corrected chi connectivity index (χ4v) is 1.47. The number of rotatable bonds is 4. The second kappa shape index (κ2) is 5.00. The van der Waals surface area contributed by atoms with E-state index in [1.54, 1.807) is 6.07 Å². The Morgan fingerprint density at radius 2 is 2.13 bits per heavy atom. The normalized spacial score (nSPS) is 10.1. The molecule has 0 bridgehead atoms. The molecule has 0 aromatic heterocycles. The van der Waals surface area contributed by atoms with Gasteiger partial charge in [-0.3, -0.25) is 0 Å². The highest BCUT2D eigenvalue weighted by molar-refractivity contribution is 6.32. The average molecular weight is 231 g/mol. The van der Waals surface area contributed by atoms with Crippen molar-refractivity contribution in [2.75, 3.05) is 14.2 Å². The lowest BCUT2D eigenvalue weighted by Crippen LogP contribution is -2.04. The Labute approximate surface area is 92.4 Å². The highest BCUT2D eigenvalue weighted by Gasteiger charge is 2.14. The number of ether oxygens (including phenoxy) is 2. The highest BCUT2D eigenvalue weighted by atomic mass is 35.5. The third-order valence-corrected chi connectivity index (χ3v) is 2.20. The van der Waals surface area contributed by atoms with Gasteiger partial charge in [-0.25, -0.2) is 4.79 Å². The zero-order valence-corrected chi connectivity index (χ0v) is 9.17. The molecule has 1 aromatic carbocycles. The number of methoxy groups -OCH3 is 2. The van der Waals surface area contributed by atoms with Crippen molar-refractivity contribution in [1.29, 1.82) is 0 Å². The fraction of sp³-hybridized carbons (Fsp3) is 0.300. The molecule has 0 saturated carbocycles. The first-order chi connectivity index (χ1) is 7.10. The van der Waals surface area contributed by atoms with Crippen molar-refractivity contribution in [2.24, 2.45) is 0 Å². The van der Waals surface area contributed by atoms with Crippen molar-refractivity contribution in [3.05, 3.63) is 28.3 Å². The molecule has 1 aromatic rings. The van der Waals surface area contributed by atoms with Crippen LogP contribution < -0.4 is 4.74 Å². The van der Waals surface area contributed by atoms with Crippen molar-refractivity contribution >= 4 is 17.6 Å². The quantitative estimate of drug-likeness (QED) is 0.862. The van der Waals surface area contributed by atoms with E-state index >= 15 is 0 Å². The zero-order valence-electron chi connectivity index (χ0n) is 8.41. The van der Waals surface area contributed by atoms with Gasteiger partial charge in [-0.1, -0.05) is 11.6 Å². The molecule has 0 aliphatic rings. The van der Waals surface area contributed by atoms with E-state index in [-0.39, 0.29) is 17.2 Å². The van der Waals surface area contributed by atoms with Crippen molar-refractivity contribution in [2.45, 2.75) is 6.61 Å². The van der Waals surface area contributed by atoms with E-state index in [0.29, 0.717) is 11.3 Å². The summed E-state index contributed by atoms with van der Waals surface area (Å²) < 4.78 is 9.88. The lowest BCUT2D eigenvalue weighted by Gasteiger charge is -2.09. The number of carbonyl (C=O) groups is 1. The Morgan fingerprint density at radius 1 is 1.47 bits per heavy atom. The molecular weight excluding hydrogens is 220 g/mol. The van der Waals surface area contributed by atoms with Crippen LogP contribution in [0.15, 0.2) is 12.1 Å². The number of hydrogen-bond acceptors (Lipinski definition) is 3. The topological polar surface area (TPSA) is 55.8 Å². The summed E-state index contributed by atoms with van der Waals surface area (Å²) in [6.45, 7) is 0.204. The number of carboxylic acid groups (broad SMARTS) is 1. The third kappa shape index (κ3) is 2.61. The van der Waals surface area contributed by atoms with Gasteiger partial charge in [0.2, 0.25) is 0 Å². The first-order valence-electron chi connectivity index (χ1n) is 4.18. The van der Waals surface area contributed by atoms with Crippen molar-refractivity contribution in [3.63, 3.8) is 0 Å². The molecule has 0 heterocycles. The second-order valence-corrected chi connectivity index (χ2v) is 3.29. The molecule has 0 amide bonds. The largest absolute Gasteiger partial charge is 0.495 e. The number of halogens is 1. The van der Waals surface area contributed by atoms with Gasteiger partial charge in [-0.15, -0.1) is 0 Å². The van der Waals surface area contributed by atoms with Crippen LogP contribution in [-0.2, 0) is 11.3 Å². The summed E-state index contributed by atoms with van der Waals surface area (Å²) in [5.74, 6) is -0.597. The van der Waals surface area contributed by atoms with E-state index in [0.717, 1.165) is 0 Å². The van der Waals surface area contributed by atoms with Gasteiger partial charge in [0, 0.05) is 7.11 Å². The average Bonchev–Trinajstić information content (AvgIpc) is 2.20. The van der Waals surface area contributed by atoms with E-state index in [1.807, 2.05) is 0 Å². The number of hydrogen-bond donors (Lipinski definition) is 1. The minimum absolute atomic E-state index is 0.127. The number of carboxylic acids is 1. The molecule has 0 aliphatic heterocycles. The molecule has 4 nitrogen and oxygen atoms in total. The van der Waals surface area contributed by atoms with Crippen LogP contribution in [0.3, 0.4) is 0 Å². The molecule has 0 unspecified atom stereocenters. The lowest BCUT2D eigenvalue weighted by atomic mass is 10.1. The van der Waals surface area contributed by atoms with Gasteiger partial charge in [0.05, 0.1) is 24.3 Å². The zero-order chi connectivity index (χ0) is 11.4. The van der Waals surface area contributed by atoms with E-state index in [9.17, 15) is 4.79 Å². The summed E-state index contributed by atoms with van der Waals surface area (Å²) in [6.07, 6.45) is 0. The summed E-state index contributed by atoms with van der Waals surface area (Å²) in [7, 11) is 2.96. The molecule has 0 radical (unpaired) electrons. The minimum atomic E-state index is -1.04. The molecule has 5 heteroatoms. The van der Waals surface area contributed by atoms with E-state index in [1.165, 1.54) is 20.3 Å². The maximum atomic E-state index is 10.9. The monoisotopic (exact) mass is 230 g/mol. The van der Waals surface area contributed by atoms with E-state index < -0.39 is 5.97 Å². The van der Waals surface area contributed by atoms with Gasteiger partial charge in [0.15, 0.2) is 0 Å². The van der Waals surface area contributed by atoms with Crippen LogP contribution in [0.2, 0.25) is 5.02 Å². The second-order valence-electron chi connectivity index (χ2n) is 2.88. The molecule has 0 aliphatic carbocycles. The Bertz CT molecular complexity index is 376. The Kier molecular flexibility index (Phi) is 3.94. The minimum Gasteiger partial charge on any atom is -0.495 e. The lowest BCUT2D eigenvalue weighted by molar-refractivity contribution is 0.0692. The van der Waals surface area contributed by atoms with Gasteiger partial charge in [0.1, 0.15) is 5.75 Å². The SMILES string of the molecule is COCc1cc(OC)c(Cl)cc1C(=O)O. The smallest absolute Gasteiger partial charge is 0.336 e. The van der Waals surface area contributed by atoms with Gasteiger partial charge in [-0.05, 0) is 17.7 Å². The molecule has 82 valence electrons.